The molecule has 0 atom stereocenters. The van der Waals surface area contributed by atoms with Gasteiger partial charge in [-0.2, -0.15) is 26.3 Å². The van der Waals surface area contributed by atoms with Crippen LogP contribution >= 0.6 is 0 Å². The molecule has 334 valence electrons. The van der Waals surface area contributed by atoms with Gasteiger partial charge in [0, 0.05) is 27.6 Å². The van der Waals surface area contributed by atoms with Gasteiger partial charge in [0.1, 0.15) is 0 Å². The largest absolute Gasteiger partial charge is 0.636 e. The monoisotopic (exact) mass is 950 g/mol. The SMILES string of the molecule is Fc1c(F)c(F)c2c(c1F)-c1c(F)c(F)c(F)c(OB(Oc3c(F)c(F)c(F)c4c3C(F)(F)c3c(F)c(F)c(F)c(F)c3-4)c3c(F)c(F)c(F)c4c(F)c(F)c(F)c(F)c34)c1C2(F)F. The van der Waals surface area contributed by atoms with E-state index in [1.54, 1.807) is 0 Å². The summed E-state index contributed by atoms with van der Waals surface area (Å²) in [6, 6.07) is 0. The fraction of sp³-hybridized carbons (Fsp3) is 0.0556. The van der Waals surface area contributed by atoms with Crippen LogP contribution in [0.4, 0.5) is 110 Å². The molecule has 0 bridgehead atoms. The van der Waals surface area contributed by atoms with Crippen LogP contribution in [0.15, 0.2) is 0 Å². The van der Waals surface area contributed by atoms with Gasteiger partial charge >= 0.3 is 19.0 Å². The molecule has 0 saturated heterocycles. The predicted octanol–water partition coefficient (Wildman–Crippen LogP) is 11.9. The Kier molecular flexibility index (Phi) is 9.48. The van der Waals surface area contributed by atoms with Crippen molar-refractivity contribution < 1.29 is 119 Å². The molecule has 2 aliphatic carbocycles. The smallest absolute Gasteiger partial charge is 0.519 e. The number of benzene rings is 6. The molecule has 6 aromatic rings. The van der Waals surface area contributed by atoms with E-state index in [4.69, 9.17) is 0 Å². The fourth-order valence-corrected chi connectivity index (χ4v) is 7.24. The Bertz CT molecular complexity index is 3040. The molecule has 0 unspecified atom stereocenters. The zero-order valence-electron chi connectivity index (χ0n) is 28.8. The lowest BCUT2D eigenvalue weighted by Crippen LogP contribution is -2.47. The number of rotatable bonds is 5. The van der Waals surface area contributed by atoms with Gasteiger partial charge in [-0.05, 0) is 0 Å². The zero-order chi connectivity index (χ0) is 47.6. The lowest BCUT2D eigenvalue weighted by Gasteiger charge is -2.25. The molecule has 8 rings (SSSR count). The van der Waals surface area contributed by atoms with Crippen molar-refractivity contribution in [1.82, 2.24) is 0 Å². The average molecular weight is 950 g/mol. The molecule has 0 aromatic heterocycles. The molecule has 0 amide bonds. The number of hydrogen-bond donors (Lipinski definition) is 0. The molecule has 0 N–H and O–H groups in total. The van der Waals surface area contributed by atoms with Crippen LogP contribution in [0.2, 0.25) is 0 Å². The molecule has 0 heterocycles. The van der Waals surface area contributed by atoms with Gasteiger partial charge in [0.2, 0.25) is 11.6 Å². The van der Waals surface area contributed by atoms with Crippen molar-refractivity contribution in [3.63, 3.8) is 0 Å². The molecule has 0 aliphatic heterocycles. The second kappa shape index (κ2) is 13.7. The highest BCUT2D eigenvalue weighted by atomic mass is 19.3. The molecule has 28 heteroatoms. The van der Waals surface area contributed by atoms with Crippen LogP contribution in [0.5, 0.6) is 11.5 Å². The highest BCUT2D eigenvalue weighted by Crippen LogP contribution is 2.61. The fourth-order valence-electron chi connectivity index (χ4n) is 7.24. The Labute approximate surface area is 332 Å². The summed E-state index contributed by atoms with van der Waals surface area (Å²) in [7, 11) is -4.63. The molecule has 0 fully saturated rings. The van der Waals surface area contributed by atoms with E-state index in [1.807, 2.05) is 0 Å². The van der Waals surface area contributed by atoms with Crippen LogP contribution in [0.1, 0.15) is 22.3 Å². The molecule has 2 nitrogen and oxygen atoms in total. The second-order valence-electron chi connectivity index (χ2n) is 13.1. The van der Waals surface area contributed by atoms with Crippen LogP contribution in [0.25, 0.3) is 33.0 Å². The van der Waals surface area contributed by atoms with E-state index in [2.05, 4.69) is 9.31 Å². The molecule has 6 aromatic carbocycles. The van der Waals surface area contributed by atoms with Crippen LogP contribution < -0.4 is 14.8 Å². The van der Waals surface area contributed by atoms with Crippen molar-refractivity contribution >= 4 is 23.4 Å². The maximum absolute atomic E-state index is 16.1. The zero-order valence-corrected chi connectivity index (χ0v) is 28.8. The van der Waals surface area contributed by atoms with Crippen LogP contribution in [0.3, 0.4) is 0 Å². The topological polar surface area (TPSA) is 18.5 Å². The van der Waals surface area contributed by atoms with Crippen molar-refractivity contribution in [3.8, 4) is 33.8 Å². The van der Waals surface area contributed by atoms with Crippen LogP contribution in [-0.4, -0.2) is 7.12 Å². The third kappa shape index (κ3) is 5.23. The Balaban J connectivity index is 1.53. The van der Waals surface area contributed by atoms with Crippen molar-refractivity contribution in [2.24, 2.45) is 0 Å². The summed E-state index contributed by atoms with van der Waals surface area (Å²) in [5, 5.41) is -5.50. The Morgan fingerprint density at radius 2 is 0.500 bits per heavy atom. The standard InChI is InChI=1S/C36BF25O2/c38-12-1-3-9(35(59,60)7(1)19(45)29(55)23(12)49)33(31(57)27(53)14(3)40)63-37(11-5-6(17(43)22(48)21(11)47)18(44)26(52)25(51)16(5)42)64-34-10-4(15(41)28(54)32(34)58)2-8(36(10,61)62)20(46)30(56)24(50)13(2)39. The third-order valence-electron chi connectivity index (χ3n) is 9.92. The summed E-state index contributed by atoms with van der Waals surface area (Å²) in [4.78, 5) is 0. The van der Waals surface area contributed by atoms with Crippen LogP contribution in [-0.2, 0) is 11.8 Å². The van der Waals surface area contributed by atoms with Gasteiger partial charge in [-0.15, -0.1) is 0 Å². The minimum absolute atomic E-state index is 2.56. The van der Waals surface area contributed by atoms with Gasteiger partial charge in [-0.3, -0.25) is 0 Å². The normalized spacial score (nSPS) is 14.3. The highest BCUT2D eigenvalue weighted by molar-refractivity contribution is 6.66. The number of hydrogen-bond acceptors (Lipinski definition) is 2. The Morgan fingerprint density at radius 1 is 0.250 bits per heavy atom. The third-order valence-corrected chi connectivity index (χ3v) is 9.92. The Morgan fingerprint density at radius 3 is 0.844 bits per heavy atom. The van der Waals surface area contributed by atoms with E-state index >= 15 is 74.6 Å². The molecule has 2 aliphatic rings. The maximum Gasteiger partial charge on any atom is 0.636 e. The highest BCUT2D eigenvalue weighted by Gasteiger charge is 2.58. The van der Waals surface area contributed by atoms with E-state index < -0.39 is 213 Å². The summed E-state index contributed by atoms with van der Waals surface area (Å²) < 4.78 is 388. The van der Waals surface area contributed by atoms with Gasteiger partial charge in [-0.1, -0.05) is 0 Å². The Hall–Kier alpha value is -6.51. The van der Waals surface area contributed by atoms with E-state index in [9.17, 15) is 35.1 Å². The molecule has 0 radical (unpaired) electrons. The van der Waals surface area contributed by atoms with E-state index in [0.717, 1.165) is 0 Å². The van der Waals surface area contributed by atoms with Gasteiger partial charge in [0.25, 0.3) is 0 Å². The first kappa shape index (κ1) is 44.1. The first-order chi connectivity index (χ1) is 29.6. The number of fused-ring (bicyclic) bond motifs is 7. The van der Waals surface area contributed by atoms with Gasteiger partial charge in [-0.25, -0.2) is 83.4 Å². The second-order valence-corrected chi connectivity index (χ2v) is 13.1. The van der Waals surface area contributed by atoms with Crippen molar-refractivity contribution in [1.29, 1.82) is 0 Å². The summed E-state index contributed by atoms with van der Waals surface area (Å²) in [6.45, 7) is 0. The van der Waals surface area contributed by atoms with Gasteiger partial charge in [0.05, 0.1) is 33.1 Å². The van der Waals surface area contributed by atoms with Crippen LogP contribution in [0, 0.1) is 122 Å². The van der Waals surface area contributed by atoms with Crippen molar-refractivity contribution in [2.45, 2.75) is 11.8 Å². The summed E-state index contributed by atoms with van der Waals surface area (Å²) in [6.07, 6.45) is 0. The average Bonchev–Trinajstić information content (AvgIpc) is 3.64. The van der Waals surface area contributed by atoms with Gasteiger partial charge in [0.15, 0.2) is 122 Å². The van der Waals surface area contributed by atoms with E-state index in [-0.39, 0.29) is 0 Å². The first-order valence-electron chi connectivity index (χ1n) is 16.1. The number of alkyl halides is 4. The molecular formula is C36BF25O2. The minimum atomic E-state index is -5.91. The van der Waals surface area contributed by atoms with Gasteiger partial charge < -0.3 is 9.31 Å². The minimum Gasteiger partial charge on any atom is -0.519 e. The van der Waals surface area contributed by atoms with E-state index in [1.165, 1.54) is 0 Å². The molecular weight excluding hydrogens is 950 g/mol. The maximum atomic E-state index is 16.1. The summed E-state index contributed by atoms with van der Waals surface area (Å²) in [5.41, 5.74) is -25.2. The first-order valence-corrected chi connectivity index (χ1v) is 16.1. The summed E-state index contributed by atoms with van der Waals surface area (Å²) in [5.74, 6) is -85.5. The molecule has 0 saturated carbocycles. The van der Waals surface area contributed by atoms with Crippen molar-refractivity contribution in [2.75, 3.05) is 0 Å². The quantitative estimate of drug-likeness (QED) is 0.0742. The number of halogens is 25. The summed E-state index contributed by atoms with van der Waals surface area (Å²) >= 11 is 0. The van der Waals surface area contributed by atoms with E-state index in [0.29, 0.717) is 0 Å². The molecule has 0 spiro atoms. The van der Waals surface area contributed by atoms with Crippen molar-refractivity contribution in [3.05, 3.63) is 144 Å². The lowest BCUT2D eigenvalue weighted by molar-refractivity contribution is 0.0402. The predicted molar refractivity (Wildman–Crippen MR) is 159 cm³/mol. The lowest BCUT2D eigenvalue weighted by atomic mass is 9.74. The molecule has 64 heavy (non-hydrogen) atoms.